The summed E-state index contributed by atoms with van der Waals surface area (Å²) in [6.45, 7) is 4.65. The van der Waals surface area contributed by atoms with E-state index < -0.39 is 10.0 Å². The van der Waals surface area contributed by atoms with Gasteiger partial charge in [-0.2, -0.15) is 4.31 Å². The number of hydrogen-bond donors (Lipinski definition) is 1. The molecule has 5 nitrogen and oxygen atoms in total. The van der Waals surface area contributed by atoms with E-state index in [1.54, 1.807) is 38.1 Å². The number of hydrogen-bond acceptors (Lipinski definition) is 3. The lowest BCUT2D eigenvalue weighted by Gasteiger charge is -2.18. The van der Waals surface area contributed by atoms with Gasteiger partial charge in [0.2, 0.25) is 10.0 Å². The van der Waals surface area contributed by atoms with Gasteiger partial charge in [0.15, 0.2) is 0 Å². The number of sulfonamides is 1. The molecule has 0 saturated carbocycles. The van der Waals surface area contributed by atoms with Crippen molar-refractivity contribution in [2.75, 3.05) is 19.6 Å². The van der Waals surface area contributed by atoms with Gasteiger partial charge in [0.1, 0.15) is 0 Å². The summed E-state index contributed by atoms with van der Waals surface area (Å²) < 4.78 is 26.6. The smallest absolute Gasteiger partial charge is 0.251 e. The van der Waals surface area contributed by atoms with Gasteiger partial charge in [-0.05, 0) is 36.2 Å². The SMILES string of the molecule is CCN(CC)S(=O)(=O)c1cccc(C(=O)NCCc2cccc(Cl)c2Cl)c1. The van der Waals surface area contributed by atoms with Gasteiger partial charge in [-0.25, -0.2) is 8.42 Å². The highest BCUT2D eigenvalue weighted by Crippen LogP contribution is 2.25. The predicted molar refractivity (Wildman–Crippen MR) is 109 cm³/mol. The number of carbonyl (C=O) groups excluding carboxylic acids is 1. The number of amides is 1. The number of benzene rings is 2. The molecule has 0 unspecified atom stereocenters. The molecule has 0 radical (unpaired) electrons. The van der Waals surface area contributed by atoms with E-state index in [1.165, 1.54) is 16.4 Å². The Morgan fingerprint density at radius 1 is 1.07 bits per heavy atom. The molecule has 1 N–H and O–H groups in total. The fraction of sp³-hybridized carbons (Fsp3) is 0.316. The summed E-state index contributed by atoms with van der Waals surface area (Å²) in [7, 11) is -3.61. The van der Waals surface area contributed by atoms with Crippen LogP contribution in [0.5, 0.6) is 0 Å². The third kappa shape index (κ3) is 5.23. The maximum absolute atomic E-state index is 12.6. The van der Waals surface area contributed by atoms with Crippen molar-refractivity contribution in [2.24, 2.45) is 0 Å². The first-order chi connectivity index (χ1) is 12.8. The summed E-state index contributed by atoms with van der Waals surface area (Å²) in [6.07, 6.45) is 0.516. The first-order valence-corrected chi connectivity index (χ1v) is 10.8. The third-order valence-corrected chi connectivity index (χ3v) is 7.05. The van der Waals surface area contributed by atoms with Gasteiger partial charge >= 0.3 is 0 Å². The van der Waals surface area contributed by atoms with Crippen LogP contribution in [0.3, 0.4) is 0 Å². The standard InChI is InChI=1S/C19H22Cl2N2O3S/c1-3-23(4-2)27(25,26)16-9-5-8-15(13-16)19(24)22-12-11-14-7-6-10-17(20)18(14)21/h5-10,13H,3-4,11-12H2,1-2H3,(H,22,24). The average molecular weight is 429 g/mol. The van der Waals surface area contributed by atoms with Gasteiger partial charge in [-0.3, -0.25) is 4.79 Å². The van der Waals surface area contributed by atoms with Gasteiger partial charge in [0, 0.05) is 25.2 Å². The van der Waals surface area contributed by atoms with Gasteiger partial charge in [0.05, 0.1) is 14.9 Å². The fourth-order valence-electron chi connectivity index (χ4n) is 2.66. The first kappa shape index (κ1) is 21.7. The molecule has 0 aliphatic carbocycles. The van der Waals surface area contributed by atoms with Gasteiger partial charge in [0.25, 0.3) is 5.91 Å². The largest absolute Gasteiger partial charge is 0.352 e. The van der Waals surface area contributed by atoms with Gasteiger partial charge < -0.3 is 5.32 Å². The number of nitrogens with zero attached hydrogens (tertiary/aromatic N) is 1. The molecular weight excluding hydrogens is 407 g/mol. The molecule has 0 aromatic heterocycles. The molecule has 27 heavy (non-hydrogen) atoms. The summed E-state index contributed by atoms with van der Waals surface area (Å²) in [6, 6.07) is 11.4. The van der Waals surface area contributed by atoms with E-state index in [0.29, 0.717) is 41.7 Å². The van der Waals surface area contributed by atoms with Crippen LogP contribution in [0.2, 0.25) is 10.0 Å². The molecule has 0 bridgehead atoms. The highest BCUT2D eigenvalue weighted by molar-refractivity contribution is 7.89. The minimum absolute atomic E-state index is 0.108. The molecule has 0 heterocycles. The fourth-order valence-corrected chi connectivity index (χ4v) is 4.58. The summed E-state index contributed by atoms with van der Waals surface area (Å²) in [5.74, 6) is -0.343. The molecule has 0 atom stereocenters. The Kier molecular flexibility index (Phi) is 7.68. The van der Waals surface area contributed by atoms with E-state index in [-0.39, 0.29) is 10.8 Å². The normalized spacial score (nSPS) is 11.6. The second-order valence-corrected chi connectivity index (χ2v) is 8.56. The molecule has 0 saturated heterocycles. The molecule has 0 aliphatic heterocycles. The molecule has 0 fully saturated rings. The maximum atomic E-state index is 12.6. The van der Waals surface area contributed by atoms with Crippen LogP contribution in [-0.4, -0.2) is 38.3 Å². The Morgan fingerprint density at radius 3 is 2.41 bits per heavy atom. The maximum Gasteiger partial charge on any atom is 0.251 e. The van der Waals surface area contributed by atoms with E-state index in [0.717, 1.165) is 5.56 Å². The van der Waals surface area contributed by atoms with Gasteiger partial charge in [-0.1, -0.05) is 55.2 Å². The summed E-state index contributed by atoms with van der Waals surface area (Å²) in [4.78, 5) is 12.5. The number of nitrogens with one attached hydrogen (secondary N) is 1. The van der Waals surface area contributed by atoms with Crippen LogP contribution >= 0.6 is 23.2 Å². The first-order valence-electron chi connectivity index (χ1n) is 8.62. The zero-order valence-corrected chi connectivity index (χ0v) is 17.5. The highest BCUT2D eigenvalue weighted by atomic mass is 35.5. The monoisotopic (exact) mass is 428 g/mol. The van der Waals surface area contributed by atoms with Crippen molar-refractivity contribution in [3.05, 3.63) is 63.6 Å². The average Bonchev–Trinajstić information content (AvgIpc) is 2.66. The Morgan fingerprint density at radius 2 is 1.74 bits per heavy atom. The molecule has 1 amide bonds. The van der Waals surface area contributed by atoms with E-state index in [4.69, 9.17) is 23.2 Å². The van der Waals surface area contributed by atoms with Crippen LogP contribution in [0, 0.1) is 0 Å². The van der Waals surface area contributed by atoms with Crippen LogP contribution in [0.1, 0.15) is 29.8 Å². The lowest BCUT2D eigenvalue weighted by Crippen LogP contribution is -2.31. The Balaban J connectivity index is 2.08. The van der Waals surface area contributed by atoms with E-state index in [1.807, 2.05) is 6.07 Å². The second-order valence-electron chi connectivity index (χ2n) is 5.84. The molecule has 146 valence electrons. The lowest BCUT2D eigenvalue weighted by atomic mass is 10.1. The zero-order chi connectivity index (χ0) is 20.0. The minimum Gasteiger partial charge on any atom is -0.352 e. The number of carbonyl (C=O) groups is 1. The summed E-state index contributed by atoms with van der Waals surface area (Å²) >= 11 is 12.1. The van der Waals surface area contributed by atoms with Crippen LogP contribution in [0.25, 0.3) is 0 Å². The van der Waals surface area contributed by atoms with Crippen LogP contribution in [0.4, 0.5) is 0 Å². The van der Waals surface area contributed by atoms with Crippen LogP contribution < -0.4 is 5.32 Å². The van der Waals surface area contributed by atoms with Crippen molar-refractivity contribution in [1.82, 2.24) is 9.62 Å². The van der Waals surface area contributed by atoms with Crippen molar-refractivity contribution in [3.8, 4) is 0 Å². The third-order valence-electron chi connectivity index (χ3n) is 4.15. The van der Waals surface area contributed by atoms with Gasteiger partial charge in [-0.15, -0.1) is 0 Å². The van der Waals surface area contributed by atoms with Crippen molar-refractivity contribution in [2.45, 2.75) is 25.2 Å². The summed E-state index contributed by atoms with van der Waals surface area (Å²) in [5, 5.41) is 3.72. The molecule has 2 aromatic rings. The topological polar surface area (TPSA) is 66.5 Å². The molecule has 2 rings (SSSR count). The molecule has 2 aromatic carbocycles. The molecular formula is C19H22Cl2N2O3S. The predicted octanol–water partition coefficient (Wildman–Crippen LogP) is 4.00. The Bertz CT molecular complexity index is 913. The van der Waals surface area contributed by atoms with Crippen molar-refractivity contribution >= 4 is 39.1 Å². The molecule has 0 spiro atoms. The quantitative estimate of drug-likeness (QED) is 0.690. The summed E-state index contributed by atoms with van der Waals surface area (Å²) in [5.41, 5.74) is 1.13. The van der Waals surface area contributed by atoms with Crippen molar-refractivity contribution < 1.29 is 13.2 Å². The van der Waals surface area contributed by atoms with Crippen LogP contribution in [0.15, 0.2) is 47.4 Å². The molecule has 8 heteroatoms. The second kappa shape index (κ2) is 9.55. The number of halogens is 2. The van der Waals surface area contributed by atoms with E-state index in [9.17, 15) is 13.2 Å². The highest BCUT2D eigenvalue weighted by Gasteiger charge is 2.22. The Hall–Kier alpha value is -1.60. The van der Waals surface area contributed by atoms with Crippen LogP contribution in [-0.2, 0) is 16.4 Å². The van der Waals surface area contributed by atoms with E-state index in [2.05, 4.69) is 5.32 Å². The van der Waals surface area contributed by atoms with Crippen molar-refractivity contribution in [1.29, 1.82) is 0 Å². The lowest BCUT2D eigenvalue weighted by molar-refractivity contribution is 0.0954. The Labute approximate surface area is 170 Å². The molecule has 0 aliphatic rings. The number of rotatable bonds is 8. The minimum atomic E-state index is -3.61. The zero-order valence-electron chi connectivity index (χ0n) is 15.2. The van der Waals surface area contributed by atoms with Crippen molar-refractivity contribution in [3.63, 3.8) is 0 Å². The van der Waals surface area contributed by atoms with E-state index >= 15 is 0 Å².